The lowest BCUT2D eigenvalue weighted by molar-refractivity contribution is -0.133. The number of amides is 4. The van der Waals surface area contributed by atoms with Gasteiger partial charge in [0.25, 0.3) is 5.91 Å². The van der Waals surface area contributed by atoms with Crippen molar-refractivity contribution < 1.29 is 14.4 Å². The van der Waals surface area contributed by atoms with Crippen molar-refractivity contribution in [3.63, 3.8) is 0 Å². The Bertz CT molecular complexity index is 1230. The summed E-state index contributed by atoms with van der Waals surface area (Å²) in [6.45, 7) is 7.04. The van der Waals surface area contributed by atoms with Gasteiger partial charge in [-0.3, -0.25) is 14.5 Å². The number of para-hydroxylation sites is 1. The Kier molecular flexibility index (Phi) is 6.24. The zero-order valence-corrected chi connectivity index (χ0v) is 19.9. The van der Waals surface area contributed by atoms with Gasteiger partial charge < -0.3 is 10.6 Å². The van der Waals surface area contributed by atoms with E-state index in [0.29, 0.717) is 16.9 Å². The molecule has 2 heterocycles. The monoisotopic (exact) mass is 459 g/mol. The normalized spacial score (nSPS) is 17.7. The van der Waals surface area contributed by atoms with Crippen LogP contribution < -0.4 is 10.6 Å². The summed E-state index contributed by atoms with van der Waals surface area (Å²) < 4.78 is 1.75. The molecule has 8 heteroatoms. The SMILES string of the molecule is CCCc1ccc(C2(C)NC(=O)N(CC(=O)Nc3c(C)nn(-c4ccccc4)c3C)C2=O)cc1. The van der Waals surface area contributed by atoms with Crippen LogP contribution in [0.15, 0.2) is 54.6 Å². The number of nitrogens with zero attached hydrogens (tertiary/aromatic N) is 3. The van der Waals surface area contributed by atoms with Gasteiger partial charge in [0.2, 0.25) is 5.91 Å². The van der Waals surface area contributed by atoms with Gasteiger partial charge >= 0.3 is 6.03 Å². The Morgan fingerprint density at radius 2 is 1.74 bits per heavy atom. The van der Waals surface area contributed by atoms with Gasteiger partial charge in [-0.2, -0.15) is 5.10 Å². The van der Waals surface area contributed by atoms with Gasteiger partial charge in [0.15, 0.2) is 0 Å². The van der Waals surface area contributed by atoms with Crippen LogP contribution in [0.1, 0.15) is 42.8 Å². The molecule has 0 bridgehead atoms. The van der Waals surface area contributed by atoms with Crippen molar-refractivity contribution in [2.24, 2.45) is 0 Å². The molecule has 1 aliphatic heterocycles. The van der Waals surface area contributed by atoms with Gasteiger partial charge in [0, 0.05) is 0 Å². The second-order valence-corrected chi connectivity index (χ2v) is 8.73. The van der Waals surface area contributed by atoms with Gasteiger partial charge in [-0.15, -0.1) is 0 Å². The van der Waals surface area contributed by atoms with Crippen LogP contribution in [-0.4, -0.2) is 39.1 Å². The van der Waals surface area contributed by atoms with Gasteiger partial charge in [-0.1, -0.05) is 55.8 Å². The van der Waals surface area contributed by atoms with E-state index in [-0.39, 0.29) is 6.54 Å². The highest BCUT2D eigenvalue weighted by Crippen LogP contribution is 2.29. The number of aryl methyl sites for hydroxylation is 2. The summed E-state index contributed by atoms with van der Waals surface area (Å²) in [4.78, 5) is 39.7. The van der Waals surface area contributed by atoms with E-state index in [0.717, 1.165) is 29.1 Å². The van der Waals surface area contributed by atoms with Crippen molar-refractivity contribution in [2.45, 2.75) is 46.1 Å². The average Bonchev–Trinajstić information content (AvgIpc) is 3.22. The predicted octanol–water partition coefficient (Wildman–Crippen LogP) is 3.85. The van der Waals surface area contributed by atoms with E-state index in [1.54, 1.807) is 18.5 Å². The quantitative estimate of drug-likeness (QED) is 0.525. The first kappa shape index (κ1) is 23.2. The molecule has 2 aromatic carbocycles. The average molecular weight is 460 g/mol. The van der Waals surface area contributed by atoms with Crippen LogP contribution in [0.2, 0.25) is 0 Å². The summed E-state index contributed by atoms with van der Waals surface area (Å²) in [5, 5.41) is 10.1. The molecular weight excluding hydrogens is 430 g/mol. The molecule has 2 N–H and O–H groups in total. The van der Waals surface area contributed by atoms with Crippen LogP contribution in [0.3, 0.4) is 0 Å². The lowest BCUT2D eigenvalue weighted by Crippen LogP contribution is -2.42. The first-order chi connectivity index (χ1) is 16.2. The van der Waals surface area contributed by atoms with Gasteiger partial charge in [-0.05, 0) is 50.5 Å². The molecule has 1 fully saturated rings. The minimum atomic E-state index is -1.22. The Balaban J connectivity index is 1.49. The first-order valence-electron chi connectivity index (χ1n) is 11.4. The molecule has 0 saturated carbocycles. The van der Waals surface area contributed by atoms with Crippen LogP contribution in [0.5, 0.6) is 0 Å². The lowest BCUT2D eigenvalue weighted by atomic mass is 9.91. The summed E-state index contributed by atoms with van der Waals surface area (Å²) in [5.74, 6) is -0.922. The van der Waals surface area contributed by atoms with Crippen LogP contribution in [-0.2, 0) is 21.5 Å². The molecule has 1 atom stereocenters. The molecule has 1 saturated heterocycles. The van der Waals surface area contributed by atoms with Crippen molar-refractivity contribution in [3.05, 3.63) is 77.1 Å². The number of nitrogens with one attached hydrogen (secondary N) is 2. The maximum atomic E-state index is 13.2. The van der Waals surface area contributed by atoms with E-state index < -0.39 is 23.4 Å². The highest BCUT2D eigenvalue weighted by Gasteiger charge is 2.49. The van der Waals surface area contributed by atoms with Crippen molar-refractivity contribution >= 4 is 23.5 Å². The largest absolute Gasteiger partial charge is 0.325 e. The van der Waals surface area contributed by atoms with Crippen LogP contribution in [0.25, 0.3) is 5.69 Å². The third-order valence-electron chi connectivity index (χ3n) is 6.20. The summed E-state index contributed by atoms with van der Waals surface area (Å²) in [5.41, 5.74) is 3.48. The topological polar surface area (TPSA) is 96.3 Å². The molecule has 1 aliphatic rings. The number of rotatable bonds is 7. The number of aromatic nitrogens is 2. The molecule has 0 spiro atoms. The minimum Gasteiger partial charge on any atom is -0.321 e. The zero-order valence-electron chi connectivity index (χ0n) is 19.9. The third kappa shape index (κ3) is 4.19. The van der Waals surface area contributed by atoms with E-state index in [1.807, 2.05) is 61.5 Å². The minimum absolute atomic E-state index is 0.385. The van der Waals surface area contributed by atoms with E-state index in [2.05, 4.69) is 22.7 Å². The molecule has 8 nitrogen and oxygen atoms in total. The van der Waals surface area contributed by atoms with Crippen LogP contribution in [0.4, 0.5) is 10.5 Å². The van der Waals surface area contributed by atoms with Gasteiger partial charge in [0.05, 0.1) is 22.8 Å². The number of anilines is 1. The maximum Gasteiger partial charge on any atom is 0.325 e. The molecular formula is C26H29N5O3. The van der Waals surface area contributed by atoms with Crippen molar-refractivity contribution in [2.75, 3.05) is 11.9 Å². The molecule has 4 rings (SSSR count). The van der Waals surface area contributed by atoms with E-state index >= 15 is 0 Å². The Morgan fingerprint density at radius 1 is 1.06 bits per heavy atom. The van der Waals surface area contributed by atoms with Crippen molar-refractivity contribution in [1.82, 2.24) is 20.0 Å². The predicted molar refractivity (Wildman–Crippen MR) is 130 cm³/mol. The first-order valence-corrected chi connectivity index (χ1v) is 11.4. The molecule has 0 aliphatic carbocycles. The number of carbonyl (C=O) groups is 3. The molecule has 0 radical (unpaired) electrons. The number of urea groups is 1. The number of carbonyl (C=O) groups excluding carboxylic acids is 3. The van der Waals surface area contributed by atoms with Crippen LogP contribution >= 0.6 is 0 Å². The van der Waals surface area contributed by atoms with Gasteiger partial charge in [-0.25, -0.2) is 9.48 Å². The Labute approximate surface area is 199 Å². The summed E-state index contributed by atoms with van der Waals surface area (Å²) in [6, 6.07) is 16.7. The molecule has 176 valence electrons. The second kappa shape index (κ2) is 9.13. The third-order valence-corrected chi connectivity index (χ3v) is 6.20. The molecule has 3 aromatic rings. The number of imide groups is 1. The molecule has 1 aromatic heterocycles. The van der Waals surface area contributed by atoms with Crippen molar-refractivity contribution in [1.29, 1.82) is 0 Å². The smallest absolute Gasteiger partial charge is 0.321 e. The highest BCUT2D eigenvalue weighted by molar-refractivity contribution is 6.10. The number of hydrogen-bond acceptors (Lipinski definition) is 4. The summed E-state index contributed by atoms with van der Waals surface area (Å²) in [6.07, 6.45) is 1.97. The molecule has 4 amide bonds. The van der Waals surface area contributed by atoms with Crippen molar-refractivity contribution in [3.8, 4) is 5.69 Å². The van der Waals surface area contributed by atoms with E-state index in [4.69, 9.17) is 0 Å². The van der Waals surface area contributed by atoms with Crippen LogP contribution in [0, 0.1) is 13.8 Å². The van der Waals surface area contributed by atoms with E-state index in [1.165, 1.54) is 5.56 Å². The summed E-state index contributed by atoms with van der Waals surface area (Å²) in [7, 11) is 0. The fourth-order valence-electron chi connectivity index (χ4n) is 4.30. The standard InChI is InChI=1S/C26H29N5O3/c1-5-9-19-12-14-20(15-13-19)26(4)24(33)30(25(34)28-26)16-22(32)27-23-17(2)29-31(18(23)3)21-10-7-6-8-11-21/h6-8,10-15H,5,9,16H2,1-4H3,(H,27,32)(H,28,34). The number of hydrogen-bond donors (Lipinski definition) is 2. The Morgan fingerprint density at radius 3 is 2.38 bits per heavy atom. The highest BCUT2D eigenvalue weighted by atomic mass is 16.2. The molecule has 1 unspecified atom stereocenters. The lowest BCUT2D eigenvalue weighted by Gasteiger charge is -2.22. The van der Waals surface area contributed by atoms with Gasteiger partial charge in [0.1, 0.15) is 12.1 Å². The summed E-state index contributed by atoms with van der Waals surface area (Å²) >= 11 is 0. The fraction of sp³-hybridized carbons (Fsp3) is 0.308. The molecule has 34 heavy (non-hydrogen) atoms. The maximum absolute atomic E-state index is 13.2. The van der Waals surface area contributed by atoms with E-state index in [9.17, 15) is 14.4 Å². The Hall–Kier alpha value is -3.94. The fourth-order valence-corrected chi connectivity index (χ4v) is 4.30. The zero-order chi connectivity index (χ0) is 24.5. The second-order valence-electron chi connectivity index (χ2n) is 8.73. The number of benzene rings is 2.